The molecule has 1 heterocycles. The molecule has 0 bridgehead atoms. The van der Waals surface area contributed by atoms with E-state index < -0.39 is 0 Å². The minimum absolute atomic E-state index is 0.0723. The van der Waals surface area contributed by atoms with Crippen molar-refractivity contribution in [2.24, 2.45) is 0 Å². The van der Waals surface area contributed by atoms with Crippen molar-refractivity contribution in [1.82, 2.24) is 4.98 Å². The third-order valence-electron chi connectivity index (χ3n) is 0.917. The molecule has 2 nitrogen and oxygen atoms in total. The summed E-state index contributed by atoms with van der Waals surface area (Å²) >= 11 is 1.08. The summed E-state index contributed by atoms with van der Waals surface area (Å²) in [5, 5.41) is 0. The van der Waals surface area contributed by atoms with Gasteiger partial charge in [-0.2, -0.15) is 0 Å². The number of pyridine rings is 1. The van der Waals surface area contributed by atoms with Crippen LogP contribution in [0.4, 0.5) is 0 Å². The third kappa shape index (κ3) is 1.65. The summed E-state index contributed by atoms with van der Waals surface area (Å²) in [6, 6.07) is 5.31. The normalized spacial score (nSPS) is 9.00. The number of carbonyl (C=O) groups is 1. The molecule has 1 unspecified atom stereocenters. The van der Waals surface area contributed by atoms with Gasteiger partial charge in [0.25, 0.3) is 0 Å². The number of hydrogen-bond donors (Lipinski definition) is 0. The Hall–Kier alpha value is -0.622. The van der Waals surface area contributed by atoms with Crippen LogP contribution in [0.15, 0.2) is 24.4 Å². The van der Waals surface area contributed by atoms with E-state index >= 15 is 0 Å². The molecule has 0 aromatic carbocycles. The molecule has 0 spiro atoms. The van der Waals surface area contributed by atoms with Crippen LogP contribution in [0.25, 0.3) is 0 Å². The van der Waals surface area contributed by atoms with E-state index in [2.05, 4.69) is 4.98 Å². The van der Waals surface area contributed by atoms with Crippen molar-refractivity contribution in [2.45, 2.75) is 0 Å². The molecule has 46 valence electrons. The van der Waals surface area contributed by atoms with Crippen LogP contribution in [-0.4, -0.2) is 26.4 Å². The summed E-state index contributed by atoms with van der Waals surface area (Å²) in [5.74, 6) is 0. The topological polar surface area (TPSA) is 30.0 Å². The van der Waals surface area contributed by atoms with Crippen molar-refractivity contribution < 1.29 is 4.79 Å². The average Bonchev–Trinajstić information content (AvgIpc) is 1.90. The summed E-state index contributed by atoms with van der Waals surface area (Å²) in [5.41, 5.74) is 0.553. The zero-order chi connectivity index (χ0) is 6.69. The zero-order valence-electron chi connectivity index (χ0n) is 4.74. The van der Waals surface area contributed by atoms with Crippen molar-refractivity contribution in [3.63, 3.8) is 0 Å². The molecule has 9 heavy (non-hydrogen) atoms. The van der Waals surface area contributed by atoms with Gasteiger partial charge >= 0.3 is 61.3 Å². The Kier molecular flexibility index (Phi) is 2.01. The van der Waals surface area contributed by atoms with Crippen LogP contribution in [0.3, 0.4) is 0 Å². The van der Waals surface area contributed by atoms with Gasteiger partial charge in [-0.3, -0.25) is 0 Å². The molecule has 3 heteroatoms. The molecule has 0 aliphatic rings. The van der Waals surface area contributed by atoms with Crippen molar-refractivity contribution in [3.05, 3.63) is 30.1 Å². The monoisotopic (exact) mass is 183 g/mol. The van der Waals surface area contributed by atoms with Crippen molar-refractivity contribution in [2.75, 3.05) is 0 Å². The molecule has 1 aromatic rings. The Balaban J connectivity index is 2.98. The van der Waals surface area contributed by atoms with Gasteiger partial charge in [-0.05, 0) is 0 Å². The number of nitrogens with zero attached hydrogens (tertiary/aromatic N) is 1. The van der Waals surface area contributed by atoms with Gasteiger partial charge in [-0.1, -0.05) is 0 Å². The SMILES string of the molecule is O=C([AsH2])c1ccccn1. The molecular formula is C6H6AsNO. The summed E-state index contributed by atoms with van der Waals surface area (Å²) < 4.78 is 0.0723. The predicted molar refractivity (Wildman–Crippen MR) is 37.1 cm³/mol. The fourth-order valence-electron chi connectivity index (χ4n) is 0.509. The van der Waals surface area contributed by atoms with Crippen molar-refractivity contribution >= 4 is 21.4 Å². The van der Waals surface area contributed by atoms with E-state index in [1.54, 1.807) is 24.4 Å². The Labute approximate surface area is 61.8 Å². The van der Waals surface area contributed by atoms with E-state index in [-0.39, 0.29) is 4.57 Å². The maximum absolute atomic E-state index is 10.6. The molecule has 0 fully saturated rings. The quantitative estimate of drug-likeness (QED) is 0.567. The van der Waals surface area contributed by atoms with Crippen LogP contribution in [0.5, 0.6) is 0 Å². The van der Waals surface area contributed by atoms with Gasteiger partial charge in [0.05, 0.1) is 0 Å². The van der Waals surface area contributed by atoms with Crippen molar-refractivity contribution in [3.8, 4) is 0 Å². The fraction of sp³-hybridized carbons (Fsp3) is 0. The molecule has 0 aliphatic carbocycles. The minimum atomic E-state index is 0.0723. The fourth-order valence-corrected chi connectivity index (χ4v) is 0.867. The van der Waals surface area contributed by atoms with Gasteiger partial charge < -0.3 is 0 Å². The second-order valence-electron chi connectivity index (χ2n) is 1.58. The van der Waals surface area contributed by atoms with Gasteiger partial charge in [0.1, 0.15) is 0 Å². The molecular weight excluding hydrogens is 177 g/mol. The van der Waals surface area contributed by atoms with Crippen LogP contribution in [-0.2, 0) is 0 Å². The van der Waals surface area contributed by atoms with E-state index in [1.165, 1.54) is 0 Å². The van der Waals surface area contributed by atoms with E-state index in [0.717, 1.165) is 16.9 Å². The summed E-state index contributed by atoms with van der Waals surface area (Å²) in [6.45, 7) is 0. The van der Waals surface area contributed by atoms with E-state index in [1.807, 2.05) is 0 Å². The first-order valence-corrected chi connectivity index (χ1v) is 3.72. The van der Waals surface area contributed by atoms with Gasteiger partial charge in [0, 0.05) is 0 Å². The summed E-state index contributed by atoms with van der Waals surface area (Å²) in [4.78, 5) is 14.5. The standard InChI is InChI=1S/C6H6AsNO/c7-6(9)5-3-1-2-4-8-5/h1-4H,7H2. The first kappa shape index (κ1) is 6.50. The van der Waals surface area contributed by atoms with Crippen LogP contribution in [0, 0.1) is 0 Å². The van der Waals surface area contributed by atoms with E-state index in [0.29, 0.717) is 5.69 Å². The maximum atomic E-state index is 10.6. The van der Waals surface area contributed by atoms with Gasteiger partial charge in [0.2, 0.25) is 0 Å². The summed E-state index contributed by atoms with van der Waals surface area (Å²) in [6.07, 6.45) is 1.62. The molecule has 0 saturated carbocycles. The number of carbonyl (C=O) groups excluding carboxylic acids is 1. The van der Waals surface area contributed by atoms with Crippen LogP contribution in [0.1, 0.15) is 10.5 Å². The molecule has 0 radical (unpaired) electrons. The van der Waals surface area contributed by atoms with E-state index in [4.69, 9.17) is 0 Å². The number of aromatic nitrogens is 1. The first-order chi connectivity index (χ1) is 4.30. The molecule has 1 rings (SSSR count). The number of hydrogen-bond acceptors (Lipinski definition) is 2. The second kappa shape index (κ2) is 2.79. The Morgan fingerprint density at radius 3 is 2.67 bits per heavy atom. The van der Waals surface area contributed by atoms with Crippen molar-refractivity contribution in [1.29, 1.82) is 0 Å². The first-order valence-electron chi connectivity index (χ1n) is 2.51. The van der Waals surface area contributed by atoms with Crippen LogP contribution < -0.4 is 0 Å². The van der Waals surface area contributed by atoms with Gasteiger partial charge in [0.15, 0.2) is 0 Å². The van der Waals surface area contributed by atoms with Gasteiger partial charge in [-0.25, -0.2) is 0 Å². The third-order valence-corrected chi connectivity index (χ3v) is 1.54. The molecule has 0 N–H and O–H groups in total. The Bertz CT molecular complexity index is 210. The molecule has 1 aromatic heterocycles. The zero-order valence-corrected chi connectivity index (χ0v) is 7.16. The Morgan fingerprint density at radius 2 is 2.33 bits per heavy atom. The predicted octanol–water partition coefficient (Wildman–Crippen LogP) is -0.145. The van der Waals surface area contributed by atoms with E-state index in [9.17, 15) is 4.79 Å². The average molecular weight is 183 g/mol. The molecule has 0 aliphatic heterocycles. The molecule has 1 atom stereocenters. The molecule has 0 saturated heterocycles. The Morgan fingerprint density at radius 1 is 1.56 bits per heavy atom. The van der Waals surface area contributed by atoms with Crippen LogP contribution >= 0.6 is 0 Å². The second-order valence-corrected chi connectivity index (χ2v) is 2.68. The number of rotatable bonds is 1. The van der Waals surface area contributed by atoms with Crippen LogP contribution in [0.2, 0.25) is 0 Å². The van der Waals surface area contributed by atoms with Gasteiger partial charge in [-0.15, -0.1) is 0 Å². The molecule has 0 amide bonds. The summed E-state index contributed by atoms with van der Waals surface area (Å²) in [7, 11) is 0.